The molecule has 0 saturated carbocycles. The summed E-state index contributed by atoms with van der Waals surface area (Å²) in [5, 5.41) is 4.14. The van der Waals surface area contributed by atoms with E-state index >= 15 is 0 Å². The summed E-state index contributed by atoms with van der Waals surface area (Å²) in [6.45, 7) is 12.3. The van der Waals surface area contributed by atoms with Crippen molar-refractivity contribution in [3.63, 3.8) is 0 Å². The lowest BCUT2D eigenvalue weighted by atomic mass is 10.1. The molecule has 0 radical (unpaired) electrons. The van der Waals surface area contributed by atoms with Crippen molar-refractivity contribution in [2.24, 2.45) is 5.92 Å². The summed E-state index contributed by atoms with van der Waals surface area (Å²) in [4.78, 5) is 21.2. The van der Waals surface area contributed by atoms with Crippen LogP contribution < -0.4 is 0 Å². The molecular weight excluding hydrogens is 420 g/mol. The summed E-state index contributed by atoms with van der Waals surface area (Å²) in [6.07, 6.45) is 2.96. The zero-order valence-electron chi connectivity index (χ0n) is 20.3. The molecule has 0 bridgehead atoms. The number of unbranched alkanes of at least 4 members (excludes halogenated alkanes) is 1. The fraction of sp³-hybridized carbons (Fsp3) is 0.640. The van der Waals surface area contributed by atoms with E-state index in [9.17, 15) is 4.79 Å². The highest BCUT2D eigenvalue weighted by atomic mass is 16.5. The second-order valence-electron chi connectivity index (χ2n) is 8.99. The van der Waals surface area contributed by atoms with Crippen LogP contribution in [0.5, 0.6) is 0 Å². The van der Waals surface area contributed by atoms with Crippen LogP contribution in [0.2, 0.25) is 0 Å². The van der Waals surface area contributed by atoms with Gasteiger partial charge in [0.15, 0.2) is 0 Å². The Balaban J connectivity index is 1.40. The Morgan fingerprint density at radius 2 is 1.91 bits per heavy atom. The third-order valence-electron chi connectivity index (χ3n) is 5.61. The van der Waals surface area contributed by atoms with E-state index in [-0.39, 0.29) is 12.5 Å². The molecule has 0 spiro atoms. The van der Waals surface area contributed by atoms with Gasteiger partial charge in [0.25, 0.3) is 0 Å². The highest BCUT2D eigenvalue weighted by Crippen LogP contribution is 2.20. The zero-order chi connectivity index (χ0) is 23.5. The Hall–Kier alpha value is -2.29. The number of hydrogen-bond donors (Lipinski definition) is 0. The van der Waals surface area contributed by atoms with Gasteiger partial charge in [-0.05, 0) is 24.0 Å². The smallest absolute Gasteiger partial charge is 0.248 e. The fourth-order valence-electron chi connectivity index (χ4n) is 3.74. The molecule has 0 unspecified atom stereocenters. The van der Waals surface area contributed by atoms with Gasteiger partial charge in [-0.2, -0.15) is 4.98 Å². The van der Waals surface area contributed by atoms with E-state index < -0.39 is 0 Å². The van der Waals surface area contributed by atoms with Gasteiger partial charge in [-0.25, -0.2) is 0 Å². The minimum absolute atomic E-state index is 0.0551. The fourth-order valence-corrected chi connectivity index (χ4v) is 3.74. The van der Waals surface area contributed by atoms with E-state index in [0.717, 1.165) is 64.2 Å². The van der Waals surface area contributed by atoms with Gasteiger partial charge >= 0.3 is 0 Å². The molecule has 1 amide bonds. The molecule has 8 heteroatoms. The Morgan fingerprint density at radius 3 is 2.67 bits per heavy atom. The molecular formula is C25H38N4O4. The highest BCUT2D eigenvalue weighted by Gasteiger charge is 2.21. The lowest BCUT2D eigenvalue weighted by Crippen LogP contribution is -2.49. The van der Waals surface area contributed by atoms with Gasteiger partial charge in [0.2, 0.25) is 17.6 Å². The molecule has 8 nitrogen and oxygen atoms in total. The van der Waals surface area contributed by atoms with Crippen molar-refractivity contribution in [3.05, 3.63) is 35.7 Å². The van der Waals surface area contributed by atoms with Gasteiger partial charge in [-0.15, -0.1) is 0 Å². The van der Waals surface area contributed by atoms with Gasteiger partial charge in [-0.1, -0.05) is 50.5 Å². The number of benzene rings is 1. The number of carbonyl (C=O) groups is 1. The first-order valence-corrected chi connectivity index (χ1v) is 12.1. The molecule has 33 heavy (non-hydrogen) atoms. The van der Waals surface area contributed by atoms with Crippen molar-refractivity contribution in [3.8, 4) is 11.4 Å². The zero-order valence-corrected chi connectivity index (χ0v) is 20.3. The maximum absolute atomic E-state index is 12.4. The standard InChI is InChI=1S/C25H38N4O4/c1-4-5-13-31-14-15-32-19-24(30)29-11-9-28(10-12-29)18-21-7-6-8-22(17-21)25-26-23(33-27-25)16-20(2)3/h6-8,17,20H,4-5,9-16,18-19H2,1-3H3. The maximum atomic E-state index is 12.4. The molecule has 1 aromatic heterocycles. The monoisotopic (exact) mass is 458 g/mol. The summed E-state index contributed by atoms with van der Waals surface area (Å²) < 4.78 is 16.3. The van der Waals surface area contributed by atoms with E-state index in [0.29, 0.717) is 30.8 Å². The summed E-state index contributed by atoms with van der Waals surface area (Å²) in [5.74, 6) is 1.85. The van der Waals surface area contributed by atoms with Crippen LogP contribution >= 0.6 is 0 Å². The molecule has 0 N–H and O–H groups in total. The van der Waals surface area contributed by atoms with E-state index in [4.69, 9.17) is 14.0 Å². The van der Waals surface area contributed by atoms with Crippen LogP contribution in [0.3, 0.4) is 0 Å². The van der Waals surface area contributed by atoms with Crippen LogP contribution in [-0.2, 0) is 27.2 Å². The van der Waals surface area contributed by atoms with Crippen LogP contribution in [0.25, 0.3) is 11.4 Å². The maximum Gasteiger partial charge on any atom is 0.248 e. The molecule has 1 aliphatic heterocycles. The predicted molar refractivity (Wildman–Crippen MR) is 127 cm³/mol. The van der Waals surface area contributed by atoms with E-state index in [2.05, 4.69) is 47.9 Å². The third-order valence-corrected chi connectivity index (χ3v) is 5.61. The summed E-state index contributed by atoms with van der Waals surface area (Å²) >= 11 is 0. The van der Waals surface area contributed by atoms with Crippen molar-refractivity contribution in [2.75, 3.05) is 52.6 Å². The van der Waals surface area contributed by atoms with Gasteiger partial charge in [0.1, 0.15) is 6.61 Å². The van der Waals surface area contributed by atoms with Crippen LogP contribution in [0.15, 0.2) is 28.8 Å². The minimum Gasteiger partial charge on any atom is -0.379 e. The molecule has 2 aromatic rings. The second kappa shape index (κ2) is 13.4. The first kappa shape index (κ1) is 25.3. The Morgan fingerprint density at radius 1 is 1.12 bits per heavy atom. The molecule has 1 fully saturated rings. The van der Waals surface area contributed by atoms with Crippen LogP contribution in [-0.4, -0.2) is 78.5 Å². The topological polar surface area (TPSA) is 80.9 Å². The molecule has 0 atom stereocenters. The van der Waals surface area contributed by atoms with Crippen LogP contribution in [0.4, 0.5) is 0 Å². The largest absolute Gasteiger partial charge is 0.379 e. The average molecular weight is 459 g/mol. The van der Waals surface area contributed by atoms with Crippen LogP contribution in [0, 0.1) is 5.92 Å². The molecule has 2 heterocycles. The number of ether oxygens (including phenoxy) is 2. The second-order valence-corrected chi connectivity index (χ2v) is 8.99. The number of piperazine rings is 1. The average Bonchev–Trinajstić information content (AvgIpc) is 3.27. The molecule has 3 rings (SSSR count). The van der Waals surface area contributed by atoms with Gasteiger partial charge in [0, 0.05) is 51.3 Å². The first-order chi connectivity index (χ1) is 16.0. The Bertz CT molecular complexity index is 846. The molecule has 0 aliphatic carbocycles. The van der Waals surface area contributed by atoms with Crippen molar-refractivity contribution >= 4 is 5.91 Å². The normalized spacial score (nSPS) is 14.8. The number of nitrogens with zero attached hydrogens (tertiary/aromatic N) is 4. The van der Waals surface area contributed by atoms with Crippen molar-refractivity contribution in [2.45, 2.75) is 46.6 Å². The molecule has 1 saturated heterocycles. The Kier molecular flexibility index (Phi) is 10.3. The van der Waals surface area contributed by atoms with E-state index in [1.807, 2.05) is 17.0 Å². The summed E-state index contributed by atoms with van der Waals surface area (Å²) in [6, 6.07) is 8.29. The lowest BCUT2D eigenvalue weighted by molar-refractivity contribution is -0.138. The van der Waals surface area contributed by atoms with Gasteiger partial charge < -0.3 is 18.9 Å². The molecule has 1 aromatic carbocycles. The summed E-state index contributed by atoms with van der Waals surface area (Å²) in [5.41, 5.74) is 2.17. The number of carbonyl (C=O) groups excluding carboxylic acids is 1. The number of amides is 1. The quantitative estimate of drug-likeness (QED) is 0.426. The number of hydrogen-bond acceptors (Lipinski definition) is 7. The predicted octanol–water partition coefficient (Wildman–Crippen LogP) is 3.41. The Labute approximate surface area is 197 Å². The third kappa shape index (κ3) is 8.53. The van der Waals surface area contributed by atoms with Crippen molar-refractivity contribution in [1.82, 2.24) is 19.9 Å². The minimum atomic E-state index is 0.0551. The molecule has 1 aliphatic rings. The van der Waals surface area contributed by atoms with E-state index in [1.54, 1.807) is 0 Å². The first-order valence-electron chi connectivity index (χ1n) is 12.1. The van der Waals surface area contributed by atoms with Crippen molar-refractivity contribution in [1.29, 1.82) is 0 Å². The lowest BCUT2D eigenvalue weighted by Gasteiger charge is -2.34. The number of rotatable bonds is 13. The van der Waals surface area contributed by atoms with E-state index in [1.165, 1.54) is 5.56 Å². The highest BCUT2D eigenvalue weighted by molar-refractivity contribution is 5.77. The van der Waals surface area contributed by atoms with Gasteiger partial charge in [-0.3, -0.25) is 9.69 Å². The summed E-state index contributed by atoms with van der Waals surface area (Å²) in [7, 11) is 0. The van der Waals surface area contributed by atoms with Crippen molar-refractivity contribution < 1.29 is 18.8 Å². The molecule has 182 valence electrons. The van der Waals surface area contributed by atoms with Gasteiger partial charge in [0.05, 0.1) is 13.2 Å². The number of aromatic nitrogens is 2. The van der Waals surface area contributed by atoms with Crippen LogP contribution in [0.1, 0.15) is 45.1 Å². The SMILES string of the molecule is CCCCOCCOCC(=O)N1CCN(Cc2cccc(-c3noc(CC(C)C)n3)c2)CC1.